The number of piperidine rings is 1. The number of aromatic nitrogens is 1. The van der Waals surface area contributed by atoms with Crippen LogP contribution in [-0.2, 0) is 13.1 Å². The van der Waals surface area contributed by atoms with E-state index in [1.54, 1.807) is 7.05 Å². The molecule has 7 nitrogen and oxygen atoms in total. The number of carbonyl (C=O) groups is 1. The summed E-state index contributed by atoms with van der Waals surface area (Å²) in [5, 5.41) is 6.45. The van der Waals surface area contributed by atoms with E-state index < -0.39 is 0 Å². The van der Waals surface area contributed by atoms with Crippen LogP contribution in [0.1, 0.15) is 52.5 Å². The first-order chi connectivity index (χ1) is 13.6. The number of halogens is 1. The molecule has 1 saturated heterocycles. The number of likely N-dealkylation sites (tertiary alicyclic amines) is 1. The Morgan fingerprint density at radius 2 is 1.76 bits per heavy atom. The first kappa shape index (κ1) is 23.2. The third-order valence-corrected chi connectivity index (χ3v) is 5.01. The Hall–Kier alpha value is -2.10. The Bertz CT molecular complexity index is 807. The Morgan fingerprint density at radius 3 is 2.34 bits per heavy atom. The van der Waals surface area contributed by atoms with Crippen molar-refractivity contribution in [1.82, 2.24) is 20.5 Å². The lowest BCUT2D eigenvalue weighted by atomic mass is 10.1. The molecule has 3 rings (SSSR count). The fraction of sp³-hybridized carbons (Fsp3) is 0.476. The fourth-order valence-electron chi connectivity index (χ4n) is 3.23. The number of nitrogens with one attached hydrogen (secondary N) is 2. The van der Waals surface area contributed by atoms with Crippen LogP contribution in [0.3, 0.4) is 0 Å². The number of guanidine groups is 1. The average molecular weight is 511 g/mol. The third kappa shape index (κ3) is 6.45. The zero-order valence-electron chi connectivity index (χ0n) is 17.3. The lowest BCUT2D eigenvalue weighted by molar-refractivity contribution is 0.0724. The number of nitrogens with zero attached hydrogens (tertiary/aromatic N) is 3. The van der Waals surface area contributed by atoms with Gasteiger partial charge in [-0.05, 0) is 50.8 Å². The molecule has 1 aromatic carbocycles. The molecule has 0 bridgehead atoms. The Morgan fingerprint density at radius 1 is 1.10 bits per heavy atom. The van der Waals surface area contributed by atoms with Gasteiger partial charge in [-0.25, -0.2) is 4.98 Å². The minimum atomic E-state index is 0. The highest BCUT2D eigenvalue weighted by molar-refractivity contribution is 14.0. The quantitative estimate of drug-likeness (QED) is 0.366. The summed E-state index contributed by atoms with van der Waals surface area (Å²) in [4.78, 5) is 23.1. The highest BCUT2D eigenvalue weighted by Gasteiger charge is 2.17. The van der Waals surface area contributed by atoms with Gasteiger partial charge in [0.1, 0.15) is 5.76 Å². The molecule has 0 aliphatic carbocycles. The molecule has 1 aliphatic heterocycles. The first-order valence-corrected chi connectivity index (χ1v) is 9.82. The monoisotopic (exact) mass is 511 g/mol. The number of amides is 1. The highest BCUT2D eigenvalue weighted by atomic mass is 127. The molecule has 1 aromatic heterocycles. The van der Waals surface area contributed by atoms with E-state index in [1.165, 1.54) is 6.42 Å². The maximum Gasteiger partial charge on any atom is 0.253 e. The average Bonchev–Trinajstić information content (AvgIpc) is 3.06. The summed E-state index contributed by atoms with van der Waals surface area (Å²) in [6.07, 6.45) is 3.43. The van der Waals surface area contributed by atoms with E-state index in [2.05, 4.69) is 20.6 Å². The summed E-state index contributed by atoms with van der Waals surface area (Å²) in [6, 6.07) is 7.78. The molecule has 2 heterocycles. The van der Waals surface area contributed by atoms with Crippen molar-refractivity contribution < 1.29 is 9.21 Å². The summed E-state index contributed by atoms with van der Waals surface area (Å²) in [7, 11) is 1.72. The second kappa shape index (κ2) is 11.2. The third-order valence-electron chi connectivity index (χ3n) is 5.01. The second-order valence-corrected chi connectivity index (χ2v) is 7.08. The van der Waals surface area contributed by atoms with Gasteiger partial charge in [-0.2, -0.15) is 0 Å². The van der Waals surface area contributed by atoms with Crippen LogP contribution in [0.15, 0.2) is 33.7 Å². The van der Waals surface area contributed by atoms with Gasteiger partial charge in [-0.1, -0.05) is 12.1 Å². The minimum absolute atomic E-state index is 0. The predicted octanol–water partition coefficient (Wildman–Crippen LogP) is 3.40. The van der Waals surface area contributed by atoms with Gasteiger partial charge >= 0.3 is 0 Å². The van der Waals surface area contributed by atoms with Gasteiger partial charge in [0.15, 0.2) is 5.96 Å². The molecule has 0 saturated carbocycles. The lowest BCUT2D eigenvalue weighted by Crippen LogP contribution is -2.36. The normalized spacial score (nSPS) is 14.3. The van der Waals surface area contributed by atoms with Crippen molar-refractivity contribution in [3.8, 4) is 0 Å². The first-order valence-electron chi connectivity index (χ1n) is 9.82. The molecule has 8 heteroatoms. The molecular formula is C21H30IN5O2. The number of oxazole rings is 1. The molecular weight excluding hydrogens is 481 g/mol. The van der Waals surface area contributed by atoms with Gasteiger partial charge in [0.05, 0.1) is 12.2 Å². The van der Waals surface area contributed by atoms with Crippen LogP contribution in [0.4, 0.5) is 0 Å². The van der Waals surface area contributed by atoms with Crippen molar-refractivity contribution >= 4 is 35.8 Å². The number of aliphatic imine (C=N–C) groups is 1. The van der Waals surface area contributed by atoms with Gasteiger partial charge < -0.3 is 20.0 Å². The van der Waals surface area contributed by atoms with Crippen molar-refractivity contribution in [3.05, 3.63) is 52.7 Å². The Balaban J connectivity index is 0.00000300. The summed E-state index contributed by atoms with van der Waals surface area (Å²) in [5.74, 6) is 2.27. The predicted molar refractivity (Wildman–Crippen MR) is 125 cm³/mol. The van der Waals surface area contributed by atoms with Gasteiger partial charge in [-0.15, -0.1) is 24.0 Å². The number of hydrogen-bond acceptors (Lipinski definition) is 4. The zero-order valence-corrected chi connectivity index (χ0v) is 19.7. The minimum Gasteiger partial charge on any atom is -0.444 e. The number of aryl methyl sites for hydroxylation is 2. The van der Waals surface area contributed by atoms with Gasteiger partial charge in [0.2, 0.25) is 5.89 Å². The highest BCUT2D eigenvalue weighted by Crippen LogP contribution is 2.14. The largest absolute Gasteiger partial charge is 0.444 e. The standard InChI is InChI=1S/C21H29N5O2.HI/c1-15-16(2)28-19(25-15)14-24-21(22-3)23-13-17-7-9-18(10-8-17)20(27)26-11-5-4-6-12-26;/h7-10H,4-6,11-14H2,1-3H3,(H2,22,23,24);1H. The van der Waals surface area contributed by atoms with Crippen molar-refractivity contribution in [2.75, 3.05) is 20.1 Å². The summed E-state index contributed by atoms with van der Waals surface area (Å²) >= 11 is 0. The van der Waals surface area contributed by atoms with Gasteiger partial charge in [0, 0.05) is 32.2 Å². The number of hydrogen-bond donors (Lipinski definition) is 2. The van der Waals surface area contributed by atoms with Crippen molar-refractivity contribution in [2.45, 2.75) is 46.2 Å². The molecule has 1 amide bonds. The smallest absolute Gasteiger partial charge is 0.253 e. The van der Waals surface area contributed by atoms with Crippen molar-refractivity contribution in [3.63, 3.8) is 0 Å². The fourth-order valence-corrected chi connectivity index (χ4v) is 3.23. The maximum atomic E-state index is 12.5. The number of benzene rings is 1. The van der Waals surface area contributed by atoms with Crippen LogP contribution < -0.4 is 10.6 Å². The van der Waals surface area contributed by atoms with Gasteiger partial charge in [0.25, 0.3) is 5.91 Å². The van der Waals surface area contributed by atoms with Crippen LogP contribution in [-0.4, -0.2) is 41.9 Å². The van der Waals surface area contributed by atoms with Crippen molar-refractivity contribution in [2.24, 2.45) is 4.99 Å². The van der Waals surface area contributed by atoms with E-state index in [0.29, 0.717) is 24.9 Å². The van der Waals surface area contributed by atoms with E-state index in [-0.39, 0.29) is 29.9 Å². The van der Waals surface area contributed by atoms with E-state index in [9.17, 15) is 4.79 Å². The Labute approximate surface area is 189 Å². The molecule has 0 spiro atoms. The van der Waals surface area contributed by atoms with E-state index >= 15 is 0 Å². The molecule has 0 atom stereocenters. The Kier molecular flexibility index (Phi) is 8.94. The van der Waals surface area contributed by atoms with E-state index in [4.69, 9.17) is 4.42 Å². The molecule has 0 unspecified atom stereocenters. The lowest BCUT2D eigenvalue weighted by Gasteiger charge is -2.26. The second-order valence-electron chi connectivity index (χ2n) is 7.08. The molecule has 2 aromatic rings. The molecule has 1 fully saturated rings. The van der Waals surface area contributed by atoms with E-state index in [1.807, 2.05) is 43.0 Å². The van der Waals surface area contributed by atoms with Crippen LogP contribution in [0.2, 0.25) is 0 Å². The topological polar surface area (TPSA) is 82.8 Å². The number of carbonyl (C=O) groups excluding carboxylic acids is 1. The summed E-state index contributed by atoms with van der Waals surface area (Å²) < 4.78 is 5.57. The van der Waals surface area contributed by atoms with Crippen LogP contribution in [0.5, 0.6) is 0 Å². The van der Waals surface area contributed by atoms with Gasteiger partial charge in [-0.3, -0.25) is 9.79 Å². The van der Waals surface area contributed by atoms with E-state index in [0.717, 1.165) is 48.5 Å². The van der Waals surface area contributed by atoms with Crippen LogP contribution in [0, 0.1) is 13.8 Å². The SMILES string of the molecule is CN=C(NCc1ccc(C(=O)N2CCCCC2)cc1)NCc1nc(C)c(C)o1.I. The maximum absolute atomic E-state index is 12.5. The van der Waals surface area contributed by atoms with Crippen LogP contribution >= 0.6 is 24.0 Å². The summed E-state index contributed by atoms with van der Waals surface area (Å²) in [6.45, 7) is 6.65. The molecule has 1 aliphatic rings. The summed E-state index contributed by atoms with van der Waals surface area (Å²) in [5.41, 5.74) is 2.74. The molecule has 2 N–H and O–H groups in total. The molecule has 29 heavy (non-hydrogen) atoms. The molecule has 0 radical (unpaired) electrons. The van der Waals surface area contributed by atoms with Crippen molar-refractivity contribution in [1.29, 1.82) is 0 Å². The molecule has 158 valence electrons. The van der Waals surface area contributed by atoms with Crippen LogP contribution in [0.25, 0.3) is 0 Å². The zero-order chi connectivity index (χ0) is 19.9. The number of rotatable bonds is 5.